The van der Waals surface area contributed by atoms with Crippen LogP contribution in [0.4, 0.5) is 4.39 Å². The van der Waals surface area contributed by atoms with Gasteiger partial charge < -0.3 is 10.9 Å². The standard InChI is InChI=1S/C10H13FN2O/c1-10(2,9(12)13-14)7-3-5-8(11)6-4-7/h3-6,14H,1-2H3,(H2,12,13). The third kappa shape index (κ3) is 1.84. The molecule has 0 unspecified atom stereocenters. The zero-order valence-corrected chi connectivity index (χ0v) is 8.16. The molecule has 3 N–H and O–H groups in total. The zero-order valence-electron chi connectivity index (χ0n) is 8.16. The average molecular weight is 196 g/mol. The summed E-state index contributed by atoms with van der Waals surface area (Å²) in [5.74, 6) is -0.201. The number of nitrogens with two attached hydrogens (primary N) is 1. The molecule has 1 rings (SSSR count). The van der Waals surface area contributed by atoms with Crippen LogP contribution in [0.1, 0.15) is 19.4 Å². The van der Waals surface area contributed by atoms with Crippen molar-refractivity contribution in [2.75, 3.05) is 0 Å². The summed E-state index contributed by atoms with van der Waals surface area (Å²) in [6.07, 6.45) is 0. The number of hydrogen-bond donors (Lipinski definition) is 2. The molecule has 0 aliphatic rings. The normalized spacial score (nSPS) is 12.9. The van der Waals surface area contributed by atoms with Gasteiger partial charge >= 0.3 is 0 Å². The van der Waals surface area contributed by atoms with Gasteiger partial charge in [0.2, 0.25) is 0 Å². The molecule has 14 heavy (non-hydrogen) atoms. The van der Waals surface area contributed by atoms with E-state index < -0.39 is 5.41 Å². The Hall–Kier alpha value is -1.58. The van der Waals surface area contributed by atoms with Crippen molar-refractivity contribution in [3.8, 4) is 0 Å². The molecule has 0 amide bonds. The molecule has 0 aliphatic heterocycles. The van der Waals surface area contributed by atoms with Crippen LogP contribution in [0.2, 0.25) is 0 Å². The van der Waals surface area contributed by atoms with E-state index in [4.69, 9.17) is 10.9 Å². The van der Waals surface area contributed by atoms with E-state index in [0.717, 1.165) is 5.56 Å². The van der Waals surface area contributed by atoms with E-state index in [0.29, 0.717) is 0 Å². The lowest BCUT2D eigenvalue weighted by Crippen LogP contribution is -2.35. The molecule has 0 saturated carbocycles. The molecule has 76 valence electrons. The first-order chi connectivity index (χ1) is 6.48. The van der Waals surface area contributed by atoms with Gasteiger partial charge in [-0.15, -0.1) is 0 Å². The van der Waals surface area contributed by atoms with Gasteiger partial charge in [0, 0.05) is 0 Å². The van der Waals surface area contributed by atoms with Crippen molar-refractivity contribution in [2.24, 2.45) is 10.9 Å². The van der Waals surface area contributed by atoms with Gasteiger partial charge in [-0.2, -0.15) is 0 Å². The molecule has 0 bridgehead atoms. The quantitative estimate of drug-likeness (QED) is 0.328. The largest absolute Gasteiger partial charge is 0.409 e. The van der Waals surface area contributed by atoms with Gasteiger partial charge in [-0.1, -0.05) is 17.3 Å². The highest BCUT2D eigenvalue weighted by atomic mass is 19.1. The molecule has 4 heteroatoms. The van der Waals surface area contributed by atoms with Crippen molar-refractivity contribution in [1.29, 1.82) is 0 Å². The van der Waals surface area contributed by atoms with Gasteiger partial charge in [0.05, 0.1) is 5.41 Å². The van der Waals surface area contributed by atoms with Gasteiger partial charge in [-0.25, -0.2) is 4.39 Å². The van der Waals surface area contributed by atoms with Crippen LogP contribution >= 0.6 is 0 Å². The fourth-order valence-corrected chi connectivity index (χ4v) is 1.14. The number of rotatable bonds is 2. The van der Waals surface area contributed by atoms with E-state index >= 15 is 0 Å². The van der Waals surface area contributed by atoms with E-state index in [1.807, 2.05) is 0 Å². The molecular formula is C10H13FN2O. The molecule has 3 nitrogen and oxygen atoms in total. The molecule has 0 saturated heterocycles. The first-order valence-electron chi connectivity index (χ1n) is 4.22. The van der Waals surface area contributed by atoms with Crippen molar-refractivity contribution in [3.05, 3.63) is 35.6 Å². The molecule has 0 spiro atoms. The predicted molar refractivity (Wildman–Crippen MR) is 52.8 cm³/mol. The average Bonchev–Trinajstić information content (AvgIpc) is 2.17. The van der Waals surface area contributed by atoms with Crippen molar-refractivity contribution in [2.45, 2.75) is 19.3 Å². The SMILES string of the molecule is CC(C)(C(N)=NO)c1ccc(F)cc1. The summed E-state index contributed by atoms with van der Waals surface area (Å²) in [5.41, 5.74) is 5.73. The number of halogens is 1. The Morgan fingerprint density at radius 1 is 1.36 bits per heavy atom. The highest BCUT2D eigenvalue weighted by Crippen LogP contribution is 2.23. The van der Waals surface area contributed by atoms with E-state index in [9.17, 15) is 4.39 Å². The molecule has 0 aromatic heterocycles. The first-order valence-corrected chi connectivity index (χ1v) is 4.22. The highest BCUT2D eigenvalue weighted by molar-refractivity contribution is 5.90. The highest BCUT2D eigenvalue weighted by Gasteiger charge is 2.25. The van der Waals surface area contributed by atoms with Crippen molar-refractivity contribution in [1.82, 2.24) is 0 Å². The second-order valence-corrected chi connectivity index (χ2v) is 3.62. The number of nitrogens with zero attached hydrogens (tertiary/aromatic N) is 1. The maximum Gasteiger partial charge on any atom is 0.149 e. The van der Waals surface area contributed by atoms with E-state index in [-0.39, 0.29) is 11.7 Å². The minimum Gasteiger partial charge on any atom is -0.409 e. The van der Waals surface area contributed by atoms with Crippen LogP contribution < -0.4 is 5.73 Å². The summed E-state index contributed by atoms with van der Waals surface area (Å²) in [7, 11) is 0. The third-order valence-corrected chi connectivity index (χ3v) is 2.31. The lowest BCUT2D eigenvalue weighted by atomic mass is 9.83. The maximum atomic E-state index is 12.6. The van der Waals surface area contributed by atoms with Crippen LogP contribution in [0.5, 0.6) is 0 Å². The van der Waals surface area contributed by atoms with E-state index in [1.165, 1.54) is 12.1 Å². The molecule has 1 aromatic rings. The molecule has 1 aromatic carbocycles. The van der Waals surface area contributed by atoms with Gasteiger partial charge in [0.25, 0.3) is 0 Å². The minimum atomic E-state index is -0.595. The van der Waals surface area contributed by atoms with Crippen LogP contribution in [0, 0.1) is 5.82 Å². The fourth-order valence-electron chi connectivity index (χ4n) is 1.14. The third-order valence-electron chi connectivity index (χ3n) is 2.31. The van der Waals surface area contributed by atoms with Gasteiger partial charge in [0.1, 0.15) is 11.7 Å². The fraction of sp³-hybridized carbons (Fsp3) is 0.300. The lowest BCUT2D eigenvalue weighted by molar-refractivity contribution is 0.313. The summed E-state index contributed by atoms with van der Waals surface area (Å²) in [6, 6.07) is 5.93. The smallest absolute Gasteiger partial charge is 0.149 e. The van der Waals surface area contributed by atoms with Gasteiger partial charge in [-0.3, -0.25) is 0 Å². The Morgan fingerprint density at radius 2 is 1.86 bits per heavy atom. The van der Waals surface area contributed by atoms with Gasteiger partial charge in [0.15, 0.2) is 0 Å². The summed E-state index contributed by atoms with van der Waals surface area (Å²) in [5, 5.41) is 11.5. The molecule has 0 heterocycles. The topological polar surface area (TPSA) is 58.6 Å². The van der Waals surface area contributed by atoms with Crippen molar-refractivity contribution >= 4 is 5.84 Å². The van der Waals surface area contributed by atoms with Gasteiger partial charge in [-0.05, 0) is 31.5 Å². The molecule has 0 fully saturated rings. The summed E-state index contributed by atoms with van der Waals surface area (Å²) in [4.78, 5) is 0. The lowest BCUT2D eigenvalue weighted by Gasteiger charge is -2.23. The predicted octanol–water partition coefficient (Wildman–Crippen LogP) is 1.85. The first kappa shape index (κ1) is 10.5. The molecule has 0 aliphatic carbocycles. The summed E-state index contributed by atoms with van der Waals surface area (Å²) >= 11 is 0. The number of benzene rings is 1. The van der Waals surface area contributed by atoms with E-state index in [1.54, 1.807) is 26.0 Å². The molecule has 0 atom stereocenters. The van der Waals surface area contributed by atoms with Crippen LogP contribution in [-0.4, -0.2) is 11.0 Å². The van der Waals surface area contributed by atoms with Crippen molar-refractivity contribution < 1.29 is 9.60 Å². The molecule has 0 radical (unpaired) electrons. The Kier molecular flexibility index (Phi) is 2.74. The Labute approximate surface area is 82.0 Å². The second kappa shape index (κ2) is 3.65. The summed E-state index contributed by atoms with van der Waals surface area (Å²) < 4.78 is 12.6. The Balaban J connectivity index is 3.10. The second-order valence-electron chi connectivity index (χ2n) is 3.62. The maximum absolute atomic E-state index is 12.6. The van der Waals surface area contributed by atoms with Crippen LogP contribution in [0.25, 0.3) is 0 Å². The zero-order chi connectivity index (χ0) is 10.8. The number of oxime groups is 1. The molecular weight excluding hydrogens is 183 g/mol. The van der Waals surface area contributed by atoms with Crippen LogP contribution in [-0.2, 0) is 5.41 Å². The number of amidine groups is 1. The Morgan fingerprint density at radius 3 is 2.29 bits per heavy atom. The minimum absolute atomic E-state index is 0.101. The number of hydrogen-bond acceptors (Lipinski definition) is 2. The van der Waals surface area contributed by atoms with Crippen LogP contribution in [0.3, 0.4) is 0 Å². The van der Waals surface area contributed by atoms with E-state index in [2.05, 4.69) is 5.16 Å². The monoisotopic (exact) mass is 196 g/mol. The Bertz CT molecular complexity index is 344. The summed E-state index contributed by atoms with van der Waals surface area (Å²) in [6.45, 7) is 3.60. The van der Waals surface area contributed by atoms with Crippen LogP contribution in [0.15, 0.2) is 29.4 Å². The van der Waals surface area contributed by atoms with Crippen molar-refractivity contribution in [3.63, 3.8) is 0 Å².